The molecule has 0 aliphatic rings. The zero-order valence-electron chi connectivity index (χ0n) is 15.1. The fourth-order valence-corrected chi connectivity index (χ4v) is 2.39. The summed E-state index contributed by atoms with van der Waals surface area (Å²) in [7, 11) is 3.16. The largest absolute Gasteiger partial charge is 0.455 e. The van der Waals surface area contributed by atoms with Crippen LogP contribution in [0.4, 0.5) is 0 Å². The Morgan fingerprint density at radius 2 is 1.67 bits per heavy atom. The summed E-state index contributed by atoms with van der Waals surface area (Å²) in [5.41, 5.74) is 0.567. The summed E-state index contributed by atoms with van der Waals surface area (Å²) in [6.45, 7) is 2.20. The average molecular weight is 334 g/mol. The zero-order valence-corrected chi connectivity index (χ0v) is 15.1. The van der Waals surface area contributed by atoms with Crippen molar-refractivity contribution in [3.8, 4) is 0 Å². The minimum atomic E-state index is -0.428. The van der Waals surface area contributed by atoms with Gasteiger partial charge in [0.15, 0.2) is 6.29 Å². The van der Waals surface area contributed by atoms with Crippen molar-refractivity contribution in [2.45, 2.75) is 57.8 Å². The van der Waals surface area contributed by atoms with Crippen LogP contribution in [0.1, 0.15) is 55.8 Å². The van der Waals surface area contributed by atoms with Crippen LogP contribution in [0.5, 0.6) is 0 Å². The lowest BCUT2D eigenvalue weighted by molar-refractivity contribution is -0.0672. The lowest BCUT2D eigenvalue weighted by atomic mass is 10.1. The molecule has 0 heterocycles. The lowest BCUT2D eigenvalue weighted by Gasteiger charge is -2.16. The Bertz CT molecular complexity index is 466. The van der Waals surface area contributed by atoms with E-state index in [1.807, 2.05) is 24.3 Å². The maximum atomic E-state index is 12.3. The second kappa shape index (κ2) is 12.7. The van der Waals surface area contributed by atoms with E-state index < -0.39 is 6.29 Å². The third kappa shape index (κ3) is 8.27. The summed E-state index contributed by atoms with van der Waals surface area (Å²) >= 11 is 0. The molecule has 0 aromatic heterocycles. The van der Waals surface area contributed by atoms with Gasteiger partial charge in [0.25, 0.3) is 0 Å². The molecule has 24 heavy (non-hydrogen) atoms. The molecule has 1 atom stereocenters. The van der Waals surface area contributed by atoms with Crippen molar-refractivity contribution < 1.29 is 19.0 Å². The van der Waals surface area contributed by atoms with E-state index in [0.717, 1.165) is 19.3 Å². The number of hydrogen-bond acceptors (Lipinski definition) is 4. The SMILES string of the molecule is CCCCCCC[C@H](/C=C/C(OC)OC)OC(=O)c1ccccc1. The third-order valence-corrected chi connectivity index (χ3v) is 3.81. The van der Waals surface area contributed by atoms with Gasteiger partial charge in [-0.1, -0.05) is 50.8 Å². The molecule has 1 aromatic carbocycles. The number of ether oxygens (including phenoxy) is 3. The molecule has 4 heteroatoms. The maximum absolute atomic E-state index is 12.3. The average Bonchev–Trinajstić information content (AvgIpc) is 2.62. The molecular formula is C20H30O4. The number of hydrogen-bond donors (Lipinski definition) is 0. The highest BCUT2D eigenvalue weighted by molar-refractivity contribution is 5.89. The van der Waals surface area contributed by atoms with Crippen molar-refractivity contribution in [3.05, 3.63) is 48.0 Å². The van der Waals surface area contributed by atoms with E-state index in [4.69, 9.17) is 14.2 Å². The Balaban J connectivity index is 2.60. The van der Waals surface area contributed by atoms with Gasteiger partial charge < -0.3 is 14.2 Å². The van der Waals surface area contributed by atoms with Crippen LogP contribution in [0, 0.1) is 0 Å². The van der Waals surface area contributed by atoms with E-state index in [1.54, 1.807) is 32.4 Å². The summed E-state index contributed by atoms with van der Waals surface area (Å²) in [5, 5.41) is 0. The topological polar surface area (TPSA) is 44.8 Å². The van der Waals surface area contributed by atoms with Gasteiger partial charge in [-0.3, -0.25) is 0 Å². The molecule has 0 radical (unpaired) electrons. The normalized spacial score (nSPS) is 12.7. The van der Waals surface area contributed by atoms with Crippen LogP contribution >= 0.6 is 0 Å². The van der Waals surface area contributed by atoms with Gasteiger partial charge in [-0.2, -0.15) is 0 Å². The summed E-state index contributed by atoms with van der Waals surface area (Å²) < 4.78 is 15.9. The number of carbonyl (C=O) groups is 1. The predicted octanol–water partition coefficient (Wildman–Crippen LogP) is 4.75. The molecule has 0 saturated heterocycles. The smallest absolute Gasteiger partial charge is 0.338 e. The molecule has 0 saturated carbocycles. The number of esters is 1. The molecule has 0 unspecified atom stereocenters. The van der Waals surface area contributed by atoms with Crippen LogP contribution in [0.2, 0.25) is 0 Å². The van der Waals surface area contributed by atoms with Crippen molar-refractivity contribution >= 4 is 5.97 Å². The van der Waals surface area contributed by atoms with Gasteiger partial charge in [-0.15, -0.1) is 0 Å². The van der Waals surface area contributed by atoms with Gasteiger partial charge in [0.05, 0.1) is 5.56 Å². The predicted molar refractivity (Wildman–Crippen MR) is 96.0 cm³/mol. The molecule has 0 bridgehead atoms. The molecule has 0 amide bonds. The van der Waals surface area contributed by atoms with Gasteiger partial charge in [-0.05, 0) is 37.1 Å². The number of rotatable bonds is 12. The van der Waals surface area contributed by atoms with Crippen LogP contribution in [0.15, 0.2) is 42.5 Å². The lowest BCUT2D eigenvalue weighted by Crippen LogP contribution is -2.18. The first kappa shape index (κ1) is 20.4. The van der Waals surface area contributed by atoms with E-state index in [9.17, 15) is 4.79 Å². The van der Waals surface area contributed by atoms with Gasteiger partial charge >= 0.3 is 5.97 Å². The first-order valence-corrected chi connectivity index (χ1v) is 8.71. The summed E-state index contributed by atoms with van der Waals surface area (Å²) in [4.78, 5) is 12.3. The van der Waals surface area contributed by atoms with E-state index in [0.29, 0.717) is 5.56 Å². The van der Waals surface area contributed by atoms with Gasteiger partial charge in [0.1, 0.15) is 6.10 Å². The molecule has 0 spiro atoms. The van der Waals surface area contributed by atoms with E-state index in [-0.39, 0.29) is 12.1 Å². The molecular weight excluding hydrogens is 304 g/mol. The van der Waals surface area contributed by atoms with Crippen LogP contribution in [0.3, 0.4) is 0 Å². The summed E-state index contributed by atoms with van der Waals surface area (Å²) in [6.07, 6.45) is 9.62. The standard InChI is InChI=1S/C20H30O4/c1-4-5-6-7-11-14-18(15-16-19(22-2)23-3)24-20(21)17-12-9-8-10-13-17/h8-10,12-13,15-16,18-19H,4-7,11,14H2,1-3H3/b16-15+/t18-/m1/s1. The highest BCUT2D eigenvalue weighted by Gasteiger charge is 2.14. The second-order valence-electron chi connectivity index (χ2n) is 5.74. The minimum absolute atomic E-state index is 0.271. The Morgan fingerprint density at radius 3 is 2.29 bits per heavy atom. The second-order valence-corrected chi connectivity index (χ2v) is 5.74. The van der Waals surface area contributed by atoms with Crippen LogP contribution in [0.25, 0.3) is 0 Å². The number of unbranched alkanes of at least 4 members (excludes halogenated alkanes) is 4. The highest BCUT2D eigenvalue weighted by atomic mass is 16.7. The zero-order chi connectivity index (χ0) is 17.6. The molecule has 134 valence electrons. The minimum Gasteiger partial charge on any atom is -0.455 e. The molecule has 4 nitrogen and oxygen atoms in total. The van der Waals surface area contributed by atoms with Crippen LogP contribution < -0.4 is 0 Å². The fraction of sp³-hybridized carbons (Fsp3) is 0.550. The maximum Gasteiger partial charge on any atom is 0.338 e. The summed E-state index contributed by atoms with van der Waals surface area (Å²) in [5.74, 6) is -0.301. The Morgan fingerprint density at radius 1 is 1.00 bits per heavy atom. The fourth-order valence-electron chi connectivity index (χ4n) is 2.39. The molecule has 1 aromatic rings. The van der Waals surface area contributed by atoms with E-state index >= 15 is 0 Å². The number of carbonyl (C=O) groups excluding carboxylic acids is 1. The van der Waals surface area contributed by atoms with Gasteiger partial charge in [0, 0.05) is 14.2 Å². The van der Waals surface area contributed by atoms with Crippen LogP contribution in [-0.2, 0) is 14.2 Å². The Kier molecular flexibility index (Phi) is 10.8. The van der Waals surface area contributed by atoms with E-state index in [1.165, 1.54) is 19.3 Å². The van der Waals surface area contributed by atoms with Crippen molar-refractivity contribution in [1.82, 2.24) is 0 Å². The quantitative estimate of drug-likeness (QED) is 0.239. The molecule has 0 fully saturated rings. The number of methoxy groups -OCH3 is 2. The first-order valence-electron chi connectivity index (χ1n) is 8.71. The van der Waals surface area contributed by atoms with Crippen molar-refractivity contribution in [3.63, 3.8) is 0 Å². The number of benzene rings is 1. The molecule has 0 aliphatic carbocycles. The summed E-state index contributed by atoms with van der Waals surface area (Å²) in [6, 6.07) is 9.06. The van der Waals surface area contributed by atoms with Gasteiger partial charge in [-0.25, -0.2) is 4.79 Å². The monoisotopic (exact) mass is 334 g/mol. The van der Waals surface area contributed by atoms with Crippen molar-refractivity contribution in [2.75, 3.05) is 14.2 Å². The van der Waals surface area contributed by atoms with Crippen molar-refractivity contribution in [2.24, 2.45) is 0 Å². The molecule has 0 aliphatic heterocycles. The Labute approximate surface area is 145 Å². The molecule has 1 rings (SSSR count). The Hall–Kier alpha value is -1.65. The van der Waals surface area contributed by atoms with Crippen molar-refractivity contribution in [1.29, 1.82) is 0 Å². The third-order valence-electron chi connectivity index (χ3n) is 3.81. The highest BCUT2D eigenvalue weighted by Crippen LogP contribution is 2.14. The first-order chi connectivity index (χ1) is 11.7. The van der Waals surface area contributed by atoms with E-state index in [2.05, 4.69) is 6.92 Å². The van der Waals surface area contributed by atoms with Crippen LogP contribution in [-0.4, -0.2) is 32.6 Å². The van der Waals surface area contributed by atoms with Gasteiger partial charge in [0.2, 0.25) is 0 Å². The molecule has 0 N–H and O–H groups in total.